The number of methoxy groups -OCH3 is 1. The summed E-state index contributed by atoms with van der Waals surface area (Å²) in [7, 11) is 1.63. The molecule has 0 saturated carbocycles. The van der Waals surface area contributed by atoms with Crippen molar-refractivity contribution in [3.63, 3.8) is 0 Å². The minimum Gasteiger partial charge on any atom is -0.374 e. The van der Waals surface area contributed by atoms with Gasteiger partial charge < -0.3 is 10.1 Å². The molecule has 0 fully saturated rings. The molecule has 0 aliphatic heterocycles. The summed E-state index contributed by atoms with van der Waals surface area (Å²) in [4.78, 5) is 12.8. The number of carbonyl (C=O) groups is 1. The van der Waals surface area contributed by atoms with Gasteiger partial charge >= 0.3 is 0 Å². The van der Waals surface area contributed by atoms with Crippen LogP contribution in [0, 0.1) is 5.41 Å². The second kappa shape index (κ2) is 5.85. The molecular formula is C12H18ClNO2S. The minimum absolute atomic E-state index is 0.0159. The zero-order valence-electron chi connectivity index (χ0n) is 10.5. The SMILES string of the molecule is CO[C@H](CNC(=O)C(C)(C)C)c1ccc(Cl)s1. The summed E-state index contributed by atoms with van der Waals surface area (Å²) in [5, 5.41) is 2.88. The van der Waals surface area contributed by atoms with Crippen LogP contribution >= 0.6 is 22.9 Å². The third kappa shape index (κ3) is 4.30. The maximum Gasteiger partial charge on any atom is 0.225 e. The van der Waals surface area contributed by atoms with Crippen LogP contribution in [0.25, 0.3) is 0 Å². The van der Waals surface area contributed by atoms with E-state index in [0.29, 0.717) is 6.54 Å². The lowest BCUT2D eigenvalue weighted by atomic mass is 9.96. The second-order valence-electron chi connectivity index (χ2n) is 4.83. The first kappa shape index (κ1) is 14.5. The third-order valence-electron chi connectivity index (χ3n) is 2.33. The molecule has 1 amide bonds. The predicted molar refractivity (Wildman–Crippen MR) is 71.5 cm³/mol. The van der Waals surface area contributed by atoms with E-state index in [0.717, 1.165) is 9.21 Å². The van der Waals surface area contributed by atoms with E-state index in [9.17, 15) is 4.79 Å². The van der Waals surface area contributed by atoms with Crippen LogP contribution in [0.3, 0.4) is 0 Å². The molecule has 1 aromatic heterocycles. The molecule has 1 N–H and O–H groups in total. The molecule has 0 unspecified atom stereocenters. The Labute approximate surface area is 111 Å². The number of hydrogen-bond donors (Lipinski definition) is 1. The number of carbonyl (C=O) groups excluding carboxylic acids is 1. The highest BCUT2D eigenvalue weighted by molar-refractivity contribution is 7.16. The van der Waals surface area contributed by atoms with Crippen molar-refractivity contribution < 1.29 is 9.53 Å². The molecule has 3 nitrogen and oxygen atoms in total. The highest BCUT2D eigenvalue weighted by atomic mass is 35.5. The summed E-state index contributed by atoms with van der Waals surface area (Å²) in [6.45, 7) is 6.11. The van der Waals surface area contributed by atoms with Gasteiger partial charge in [-0.25, -0.2) is 0 Å². The Hall–Kier alpha value is -0.580. The van der Waals surface area contributed by atoms with E-state index in [1.807, 2.05) is 32.9 Å². The van der Waals surface area contributed by atoms with Crippen LogP contribution in [0.15, 0.2) is 12.1 Å². The Balaban J connectivity index is 2.57. The largest absolute Gasteiger partial charge is 0.374 e. The number of nitrogens with one attached hydrogen (secondary N) is 1. The van der Waals surface area contributed by atoms with Gasteiger partial charge in [-0.05, 0) is 12.1 Å². The second-order valence-corrected chi connectivity index (χ2v) is 6.57. The van der Waals surface area contributed by atoms with Crippen molar-refractivity contribution in [1.82, 2.24) is 5.32 Å². The van der Waals surface area contributed by atoms with Crippen LogP contribution < -0.4 is 5.32 Å². The van der Waals surface area contributed by atoms with E-state index in [1.54, 1.807) is 7.11 Å². The molecule has 1 heterocycles. The normalized spacial score (nSPS) is 13.5. The predicted octanol–water partition coefficient (Wildman–Crippen LogP) is 3.25. The molecule has 1 atom stereocenters. The maximum absolute atomic E-state index is 11.7. The van der Waals surface area contributed by atoms with Gasteiger partial charge in [-0.1, -0.05) is 32.4 Å². The van der Waals surface area contributed by atoms with E-state index >= 15 is 0 Å². The van der Waals surface area contributed by atoms with Gasteiger partial charge in [-0.15, -0.1) is 11.3 Å². The van der Waals surface area contributed by atoms with Crippen LogP contribution in [0.2, 0.25) is 4.34 Å². The quantitative estimate of drug-likeness (QED) is 0.916. The van der Waals surface area contributed by atoms with Crippen molar-refractivity contribution in [3.05, 3.63) is 21.3 Å². The summed E-state index contributed by atoms with van der Waals surface area (Å²) in [6, 6.07) is 3.75. The van der Waals surface area contributed by atoms with Gasteiger partial charge in [-0.3, -0.25) is 4.79 Å². The zero-order valence-corrected chi connectivity index (χ0v) is 12.1. The van der Waals surface area contributed by atoms with Crippen LogP contribution in [-0.4, -0.2) is 19.6 Å². The fourth-order valence-electron chi connectivity index (χ4n) is 1.25. The average Bonchev–Trinajstić information content (AvgIpc) is 2.64. The number of hydrogen-bond acceptors (Lipinski definition) is 3. The van der Waals surface area contributed by atoms with Crippen molar-refractivity contribution in [2.75, 3.05) is 13.7 Å². The first-order valence-corrected chi connectivity index (χ1v) is 6.60. The van der Waals surface area contributed by atoms with Crippen molar-refractivity contribution >= 4 is 28.8 Å². The van der Waals surface area contributed by atoms with Crippen molar-refractivity contribution in [2.45, 2.75) is 26.9 Å². The van der Waals surface area contributed by atoms with E-state index in [1.165, 1.54) is 11.3 Å². The number of thiophene rings is 1. The summed E-state index contributed by atoms with van der Waals surface area (Å²) < 4.78 is 6.08. The molecule has 0 spiro atoms. The molecular weight excluding hydrogens is 258 g/mol. The molecule has 17 heavy (non-hydrogen) atoms. The van der Waals surface area contributed by atoms with Crippen molar-refractivity contribution in [3.8, 4) is 0 Å². The molecule has 0 bridgehead atoms. The van der Waals surface area contributed by atoms with E-state index in [-0.39, 0.29) is 17.4 Å². The lowest BCUT2D eigenvalue weighted by Crippen LogP contribution is -2.37. The Bertz CT molecular complexity index is 384. The van der Waals surface area contributed by atoms with Crippen LogP contribution in [0.5, 0.6) is 0 Å². The first-order chi connectivity index (χ1) is 7.84. The third-order valence-corrected chi connectivity index (χ3v) is 3.65. The van der Waals surface area contributed by atoms with Gasteiger partial charge in [0.25, 0.3) is 0 Å². The Morgan fingerprint density at radius 3 is 2.59 bits per heavy atom. The molecule has 0 aromatic carbocycles. The summed E-state index contributed by atoms with van der Waals surface area (Å²) >= 11 is 7.34. The highest BCUT2D eigenvalue weighted by Crippen LogP contribution is 2.28. The van der Waals surface area contributed by atoms with Crippen LogP contribution in [0.1, 0.15) is 31.8 Å². The number of halogens is 1. The van der Waals surface area contributed by atoms with E-state index in [4.69, 9.17) is 16.3 Å². The smallest absolute Gasteiger partial charge is 0.225 e. The molecule has 0 aliphatic rings. The minimum atomic E-state index is -0.384. The lowest BCUT2D eigenvalue weighted by molar-refractivity contribution is -0.129. The first-order valence-electron chi connectivity index (χ1n) is 5.41. The van der Waals surface area contributed by atoms with Gasteiger partial charge in [-0.2, -0.15) is 0 Å². The standard InChI is InChI=1S/C12H18ClNO2S/c1-12(2,3)11(15)14-7-8(16-4)9-5-6-10(13)17-9/h5-6,8H,7H2,1-4H3,(H,14,15)/t8-/m1/s1. The van der Waals surface area contributed by atoms with Gasteiger partial charge in [0, 0.05) is 23.9 Å². The number of ether oxygens (including phenoxy) is 1. The Morgan fingerprint density at radius 1 is 1.53 bits per heavy atom. The molecule has 1 aromatic rings. The number of amides is 1. The molecule has 0 aliphatic carbocycles. The van der Waals surface area contributed by atoms with Gasteiger partial charge in [0.2, 0.25) is 5.91 Å². The van der Waals surface area contributed by atoms with Crippen molar-refractivity contribution in [2.24, 2.45) is 5.41 Å². The monoisotopic (exact) mass is 275 g/mol. The Kier molecular flexibility index (Phi) is 4.98. The fraction of sp³-hybridized carbons (Fsp3) is 0.583. The van der Waals surface area contributed by atoms with Gasteiger partial charge in [0.1, 0.15) is 6.10 Å². The fourth-order valence-corrected chi connectivity index (χ4v) is 2.39. The van der Waals surface area contributed by atoms with Crippen molar-refractivity contribution in [1.29, 1.82) is 0 Å². The molecule has 0 radical (unpaired) electrons. The van der Waals surface area contributed by atoms with E-state index < -0.39 is 0 Å². The molecule has 5 heteroatoms. The van der Waals surface area contributed by atoms with Crippen LogP contribution in [0.4, 0.5) is 0 Å². The zero-order chi connectivity index (χ0) is 13.1. The summed E-state index contributed by atoms with van der Waals surface area (Å²) in [6.07, 6.45) is -0.140. The van der Waals surface area contributed by atoms with Gasteiger partial charge in [0.15, 0.2) is 0 Å². The van der Waals surface area contributed by atoms with Gasteiger partial charge in [0.05, 0.1) is 4.34 Å². The average molecular weight is 276 g/mol. The maximum atomic E-state index is 11.7. The topological polar surface area (TPSA) is 38.3 Å². The Morgan fingerprint density at radius 2 is 2.18 bits per heavy atom. The molecule has 1 rings (SSSR count). The van der Waals surface area contributed by atoms with Crippen LogP contribution in [-0.2, 0) is 9.53 Å². The summed E-state index contributed by atoms with van der Waals surface area (Å²) in [5.41, 5.74) is -0.384. The summed E-state index contributed by atoms with van der Waals surface area (Å²) in [5.74, 6) is 0.0159. The highest BCUT2D eigenvalue weighted by Gasteiger charge is 2.22. The molecule has 0 saturated heterocycles. The molecule has 96 valence electrons. The number of rotatable bonds is 4. The van der Waals surface area contributed by atoms with E-state index in [2.05, 4.69) is 5.32 Å². The lowest BCUT2D eigenvalue weighted by Gasteiger charge is -2.20.